The number of nitrogens with one attached hydrogen (secondary N) is 1. The molecule has 0 aromatic carbocycles. The number of sulfonamides is 1. The molecule has 2 aromatic heterocycles. The van der Waals surface area contributed by atoms with Crippen molar-refractivity contribution in [2.24, 2.45) is 0 Å². The van der Waals surface area contributed by atoms with Gasteiger partial charge in [-0.25, -0.2) is 18.1 Å². The Bertz CT molecular complexity index is 590. The highest BCUT2D eigenvalue weighted by atomic mass is 32.2. The Morgan fingerprint density at radius 3 is 2.83 bits per heavy atom. The summed E-state index contributed by atoms with van der Waals surface area (Å²) >= 11 is 2.72. The predicted octanol–water partition coefficient (Wildman–Crippen LogP) is 1.22. The fraction of sp³-hybridized carbons (Fsp3) is 0.300. The van der Waals surface area contributed by atoms with Gasteiger partial charge in [0.25, 0.3) is 0 Å². The summed E-state index contributed by atoms with van der Waals surface area (Å²) in [5.41, 5.74) is 0. The van der Waals surface area contributed by atoms with Gasteiger partial charge in [-0.1, -0.05) is 0 Å². The zero-order valence-electron chi connectivity index (χ0n) is 9.37. The molecule has 0 saturated carbocycles. The molecule has 98 valence electrons. The standard InChI is InChI=1S/C10H12N2O3S3/c13-7-8-9(2-5-16-8)18(14,15)12-3-1-10-11-4-6-17-10/h2,4-6,12-13H,1,3,7H2. The number of thiophene rings is 1. The van der Waals surface area contributed by atoms with Crippen LogP contribution in [0.25, 0.3) is 0 Å². The number of aliphatic hydroxyl groups excluding tert-OH is 1. The van der Waals surface area contributed by atoms with E-state index in [1.165, 1.54) is 28.7 Å². The van der Waals surface area contributed by atoms with E-state index in [2.05, 4.69) is 9.71 Å². The smallest absolute Gasteiger partial charge is 0.241 e. The number of rotatable bonds is 6. The number of thiazole rings is 1. The monoisotopic (exact) mass is 304 g/mol. The summed E-state index contributed by atoms with van der Waals surface area (Å²) in [6.07, 6.45) is 2.26. The van der Waals surface area contributed by atoms with Crippen LogP contribution < -0.4 is 4.72 Å². The lowest BCUT2D eigenvalue weighted by Crippen LogP contribution is -2.26. The van der Waals surface area contributed by atoms with Crippen LogP contribution in [0.5, 0.6) is 0 Å². The molecule has 0 saturated heterocycles. The Morgan fingerprint density at radius 1 is 1.33 bits per heavy atom. The molecule has 5 nitrogen and oxygen atoms in total. The number of aliphatic hydroxyl groups is 1. The van der Waals surface area contributed by atoms with Crippen molar-refractivity contribution >= 4 is 32.7 Å². The third-order valence-electron chi connectivity index (χ3n) is 2.25. The van der Waals surface area contributed by atoms with Gasteiger partial charge >= 0.3 is 0 Å². The average molecular weight is 304 g/mol. The van der Waals surface area contributed by atoms with Gasteiger partial charge in [-0.05, 0) is 11.4 Å². The maximum Gasteiger partial charge on any atom is 0.241 e. The van der Waals surface area contributed by atoms with Crippen molar-refractivity contribution in [2.45, 2.75) is 17.9 Å². The number of hydrogen-bond donors (Lipinski definition) is 2. The molecule has 2 heterocycles. The number of nitrogens with zero attached hydrogens (tertiary/aromatic N) is 1. The van der Waals surface area contributed by atoms with Gasteiger partial charge in [0.2, 0.25) is 10.0 Å². The van der Waals surface area contributed by atoms with Crippen LogP contribution in [0.15, 0.2) is 27.9 Å². The molecule has 18 heavy (non-hydrogen) atoms. The van der Waals surface area contributed by atoms with E-state index in [-0.39, 0.29) is 11.5 Å². The van der Waals surface area contributed by atoms with Gasteiger partial charge in [0.1, 0.15) is 0 Å². The summed E-state index contributed by atoms with van der Waals surface area (Å²) in [6, 6.07) is 1.50. The summed E-state index contributed by atoms with van der Waals surface area (Å²) in [6.45, 7) is 0.0386. The van der Waals surface area contributed by atoms with Crippen molar-refractivity contribution in [1.29, 1.82) is 0 Å². The van der Waals surface area contributed by atoms with Gasteiger partial charge in [0.05, 0.1) is 16.5 Å². The molecule has 2 rings (SSSR count). The van der Waals surface area contributed by atoms with Crippen LogP contribution in [0.1, 0.15) is 9.88 Å². The fourth-order valence-corrected chi connectivity index (χ4v) is 4.38. The molecule has 0 aliphatic heterocycles. The first kappa shape index (κ1) is 13.6. The fourth-order valence-electron chi connectivity index (χ4n) is 1.43. The van der Waals surface area contributed by atoms with Crippen LogP contribution in [0.2, 0.25) is 0 Å². The Balaban J connectivity index is 1.99. The lowest BCUT2D eigenvalue weighted by Gasteiger charge is -2.05. The third kappa shape index (κ3) is 3.15. The van der Waals surface area contributed by atoms with E-state index in [4.69, 9.17) is 5.11 Å². The van der Waals surface area contributed by atoms with Gasteiger partial charge in [0.15, 0.2) is 0 Å². The molecule has 0 bridgehead atoms. The van der Waals surface area contributed by atoms with E-state index >= 15 is 0 Å². The molecular formula is C10H12N2O3S3. The zero-order chi connectivity index (χ0) is 13.0. The summed E-state index contributed by atoms with van der Waals surface area (Å²) < 4.78 is 26.4. The molecule has 0 aliphatic carbocycles. The highest BCUT2D eigenvalue weighted by Crippen LogP contribution is 2.21. The van der Waals surface area contributed by atoms with E-state index in [0.717, 1.165) is 5.01 Å². The van der Waals surface area contributed by atoms with Gasteiger partial charge < -0.3 is 5.11 Å². The minimum atomic E-state index is -3.54. The molecule has 0 amide bonds. The number of hydrogen-bond acceptors (Lipinski definition) is 6. The normalized spacial score (nSPS) is 11.8. The van der Waals surface area contributed by atoms with Crippen LogP contribution in [0.4, 0.5) is 0 Å². The van der Waals surface area contributed by atoms with Crippen molar-refractivity contribution in [3.05, 3.63) is 32.9 Å². The average Bonchev–Trinajstić information content (AvgIpc) is 2.99. The molecule has 0 unspecified atom stereocenters. The van der Waals surface area contributed by atoms with Crippen molar-refractivity contribution in [2.75, 3.05) is 6.54 Å². The van der Waals surface area contributed by atoms with E-state index in [1.54, 1.807) is 11.6 Å². The summed E-state index contributed by atoms with van der Waals surface area (Å²) in [5.74, 6) is 0. The lowest BCUT2D eigenvalue weighted by molar-refractivity contribution is 0.282. The van der Waals surface area contributed by atoms with Crippen LogP contribution in [-0.2, 0) is 23.1 Å². The second-order valence-corrected chi connectivity index (χ2v) is 7.15. The minimum Gasteiger partial charge on any atom is -0.391 e. The largest absolute Gasteiger partial charge is 0.391 e. The SMILES string of the molecule is O=S(=O)(NCCc1nccs1)c1ccsc1CO. The van der Waals surface area contributed by atoms with Crippen molar-refractivity contribution in [3.8, 4) is 0 Å². The predicted molar refractivity (Wildman–Crippen MR) is 71.2 cm³/mol. The van der Waals surface area contributed by atoms with Gasteiger partial charge in [-0.2, -0.15) is 0 Å². The first-order valence-corrected chi connectivity index (χ1v) is 8.43. The maximum absolute atomic E-state index is 12.0. The zero-order valence-corrected chi connectivity index (χ0v) is 11.8. The van der Waals surface area contributed by atoms with E-state index < -0.39 is 10.0 Å². The summed E-state index contributed by atoms with van der Waals surface area (Å²) in [5, 5.41) is 13.5. The second kappa shape index (κ2) is 5.89. The van der Waals surface area contributed by atoms with E-state index in [1.807, 2.05) is 5.38 Å². The Morgan fingerprint density at radius 2 is 2.17 bits per heavy atom. The first-order valence-electron chi connectivity index (χ1n) is 5.19. The van der Waals surface area contributed by atoms with Crippen molar-refractivity contribution in [1.82, 2.24) is 9.71 Å². The maximum atomic E-state index is 12.0. The van der Waals surface area contributed by atoms with Crippen LogP contribution in [-0.4, -0.2) is 25.1 Å². The molecule has 0 radical (unpaired) electrons. The molecule has 0 aliphatic rings. The topological polar surface area (TPSA) is 79.3 Å². The van der Waals surface area contributed by atoms with E-state index in [9.17, 15) is 8.42 Å². The van der Waals surface area contributed by atoms with Crippen LogP contribution >= 0.6 is 22.7 Å². The minimum absolute atomic E-state index is 0.161. The Labute approximate surface area is 113 Å². The molecule has 0 fully saturated rings. The molecule has 0 spiro atoms. The molecule has 2 aromatic rings. The van der Waals surface area contributed by atoms with Crippen molar-refractivity contribution in [3.63, 3.8) is 0 Å². The van der Waals surface area contributed by atoms with Gasteiger partial charge in [-0.3, -0.25) is 0 Å². The second-order valence-electron chi connectivity index (χ2n) is 3.44. The molecule has 8 heteroatoms. The summed E-state index contributed by atoms with van der Waals surface area (Å²) in [4.78, 5) is 4.69. The molecular weight excluding hydrogens is 292 g/mol. The Hall–Kier alpha value is -0.800. The van der Waals surface area contributed by atoms with Crippen LogP contribution in [0, 0.1) is 0 Å². The Kier molecular flexibility index (Phi) is 4.46. The lowest BCUT2D eigenvalue weighted by atomic mass is 10.5. The number of aromatic nitrogens is 1. The molecule has 0 atom stereocenters. The van der Waals surface area contributed by atoms with Crippen molar-refractivity contribution < 1.29 is 13.5 Å². The summed E-state index contributed by atoms with van der Waals surface area (Å²) in [7, 11) is -3.54. The van der Waals surface area contributed by atoms with Gasteiger partial charge in [0, 0.05) is 29.4 Å². The highest BCUT2D eigenvalue weighted by molar-refractivity contribution is 7.89. The third-order valence-corrected chi connectivity index (χ3v) is 5.67. The first-order chi connectivity index (χ1) is 8.63. The van der Waals surface area contributed by atoms with Gasteiger partial charge in [-0.15, -0.1) is 22.7 Å². The molecule has 2 N–H and O–H groups in total. The highest BCUT2D eigenvalue weighted by Gasteiger charge is 2.18. The van der Waals surface area contributed by atoms with Crippen LogP contribution in [0.3, 0.4) is 0 Å². The quantitative estimate of drug-likeness (QED) is 0.841. The van der Waals surface area contributed by atoms with E-state index in [0.29, 0.717) is 17.8 Å².